The van der Waals surface area contributed by atoms with Crippen LogP contribution in [0.2, 0.25) is 0 Å². The second-order valence-corrected chi connectivity index (χ2v) is 6.72. The van der Waals surface area contributed by atoms with E-state index in [1.54, 1.807) is 6.07 Å². The highest BCUT2D eigenvalue weighted by Crippen LogP contribution is 2.27. The van der Waals surface area contributed by atoms with Crippen LogP contribution in [0.3, 0.4) is 0 Å². The molecule has 3 rings (SSSR count). The summed E-state index contributed by atoms with van der Waals surface area (Å²) in [6, 6.07) is 3.92. The summed E-state index contributed by atoms with van der Waals surface area (Å²) in [5.41, 5.74) is 0.741. The van der Waals surface area contributed by atoms with E-state index in [1.807, 2.05) is 0 Å². The van der Waals surface area contributed by atoms with Gasteiger partial charge in [-0.25, -0.2) is 8.78 Å². The van der Waals surface area contributed by atoms with Gasteiger partial charge >= 0.3 is 0 Å². The Balaban J connectivity index is 0.00000225. The zero-order chi connectivity index (χ0) is 16.9. The Morgan fingerprint density at radius 2 is 2.12 bits per heavy atom. The number of benzene rings is 1. The summed E-state index contributed by atoms with van der Waals surface area (Å²) < 4.78 is 32.0. The lowest BCUT2D eigenvalue weighted by atomic mass is 9.85. The number of piperidine rings is 1. The molecular formula is C18H25ClF2N2O2. The highest BCUT2D eigenvalue weighted by atomic mass is 35.5. The van der Waals surface area contributed by atoms with E-state index in [1.165, 1.54) is 6.07 Å². The number of rotatable bonds is 5. The summed E-state index contributed by atoms with van der Waals surface area (Å²) in [5.74, 6) is -1.19. The van der Waals surface area contributed by atoms with Gasteiger partial charge in [0.05, 0.1) is 0 Å². The lowest BCUT2D eigenvalue weighted by Crippen LogP contribution is -2.50. The molecule has 0 bridgehead atoms. The van der Waals surface area contributed by atoms with Gasteiger partial charge in [-0.05, 0) is 49.4 Å². The van der Waals surface area contributed by atoms with E-state index in [9.17, 15) is 13.6 Å². The smallest absolute Gasteiger partial charge is 0.220 e. The minimum absolute atomic E-state index is 0. The van der Waals surface area contributed by atoms with Crippen molar-refractivity contribution in [1.82, 2.24) is 10.6 Å². The summed E-state index contributed by atoms with van der Waals surface area (Å²) in [4.78, 5) is 12.3. The standard InChI is InChI=1S/C18H24F2N2O2.ClH/c19-15-3-2-13(9-16(15)20)14-5-7-21-10-17(14)22-18(23)4-1-12-6-8-24-11-12;/h2-3,9,12,14,17,21H,1,4-8,10-11H2,(H,22,23);1H. The van der Waals surface area contributed by atoms with Crippen molar-refractivity contribution in [3.05, 3.63) is 35.4 Å². The predicted octanol–water partition coefficient (Wildman–Crippen LogP) is 2.77. The Hall–Kier alpha value is -1.24. The first-order valence-electron chi connectivity index (χ1n) is 8.66. The van der Waals surface area contributed by atoms with Crippen molar-refractivity contribution in [1.29, 1.82) is 0 Å². The van der Waals surface area contributed by atoms with E-state index >= 15 is 0 Å². The molecule has 4 nitrogen and oxygen atoms in total. The summed E-state index contributed by atoms with van der Waals surface area (Å²) in [6.07, 6.45) is 3.12. The Morgan fingerprint density at radius 3 is 2.84 bits per heavy atom. The van der Waals surface area contributed by atoms with Crippen LogP contribution in [0.25, 0.3) is 0 Å². The quantitative estimate of drug-likeness (QED) is 0.833. The molecule has 2 aliphatic rings. The van der Waals surface area contributed by atoms with Crippen LogP contribution >= 0.6 is 12.4 Å². The zero-order valence-corrected chi connectivity index (χ0v) is 14.9. The van der Waals surface area contributed by atoms with Crippen molar-refractivity contribution in [2.45, 2.75) is 37.6 Å². The van der Waals surface area contributed by atoms with E-state index in [-0.39, 0.29) is 30.3 Å². The van der Waals surface area contributed by atoms with Gasteiger partial charge in [0.25, 0.3) is 0 Å². The first-order chi connectivity index (χ1) is 11.6. The minimum atomic E-state index is -0.841. The molecule has 25 heavy (non-hydrogen) atoms. The van der Waals surface area contributed by atoms with Crippen LogP contribution in [-0.2, 0) is 9.53 Å². The molecule has 0 aliphatic carbocycles. The summed E-state index contributed by atoms with van der Waals surface area (Å²) >= 11 is 0. The molecule has 2 saturated heterocycles. The van der Waals surface area contributed by atoms with Gasteiger partial charge in [-0.15, -0.1) is 12.4 Å². The Bertz CT molecular complexity index is 582. The second-order valence-electron chi connectivity index (χ2n) is 6.72. The van der Waals surface area contributed by atoms with E-state index in [2.05, 4.69) is 10.6 Å². The van der Waals surface area contributed by atoms with Gasteiger partial charge in [-0.2, -0.15) is 0 Å². The largest absolute Gasteiger partial charge is 0.381 e. The van der Waals surface area contributed by atoms with Gasteiger partial charge in [0.2, 0.25) is 5.91 Å². The highest BCUT2D eigenvalue weighted by Gasteiger charge is 2.28. The molecule has 2 heterocycles. The van der Waals surface area contributed by atoms with Crippen molar-refractivity contribution in [2.75, 3.05) is 26.3 Å². The van der Waals surface area contributed by atoms with Crippen LogP contribution < -0.4 is 10.6 Å². The molecule has 0 saturated carbocycles. The normalized spacial score (nSPS) is 26.1. The van der Waals surface area contributed by atoms with Crippen LogP contribution in [0, 0.1) is 17.6 Å². The molecular weight excluding hydrogens is 350 g/mol. The number of hydrogen-bond acceptors (Lipinski definition) is 3. The average Bonchev–Trinajstić information content (AvgIpc) is 3.10. The maximum absolute atomic E-state index is 13.5. The maximum atomic E-state index is 13.5. The van der Waals surface area contributed by atoms with Crippen LogP contribution in [0.5, 0.6) is 0 Å². The van der Waals surface area contributed by atoms with Gasteiger partial charge in [0.1, 0.15) is 0 Å². The third-order valence-corrected chi connectivity index (χ3v) is 5.00. The van der Waals surface area contributed by atoms with Crippen molar-refractivity contribution >= 4 is 18.3 Å². The summed E-state index contributed by atoms with van der Waals surface area (Å²) in [7, 11) is 0. The molecule has 3 atom stereocenters. The third kappa shape index (κ3) is 5.36. The molecule has 0 radical (unpaired) electrons. The number of ether oxygens (including phenoxy) is 1. The van der Waals surface area contributed by atoms with Gasteiger partial charge in [0, 0.05) is 38.1 Å². The van der Waals surface area contributed by atoms with E-state index in [0.29, 0.717) is 18.9 Å². The fourth-order valence-electron chi connectivity index (χ4n) is 3.58. The zero-order valence-electron chi connectivity index (χ0n) is 14.1. The van der Waals surface area contributed by atoms with Crippen LogP contribution in [-0.4, -0.2) is 38.3 Å². The molecule has 1 amide bonds. The average molecular weight is 375 g/mol. The molecule has 2 aliphatic heterocycles. The van der Waals surface area contributed by atoms with Crippen LogP contribution in [0.4, 0.5) is 8.78 Å². The molecule has 2 N–H and O–H groups in total. The van der Waals surface area contributed by atoms with Gasteiger partial charge in [-0.1, -0.05) is 6.07 Å². The first-order valence-corrected chi connectivity index (χ1v) is 8.66. The van der Waals surface area contributed by atoms with Gasteiger partial charge < -0.3 is 15.4 Å². The number of hydrogen-bond donors (Lipinski definition) is 2. The van der Waals surface area contributed by atoms with Crippen molar-refractivity contribution in [3.63, 3.8) is 0 Å². The Labute approximate surface area is 153 Å². The van der Waals surface area contributed by atoms with Gasteiger partial charge in [-0.3, -0.25) is 4.79 Å². The van der Waals surface area contributed by atoms with Crippen LogP contribution in [0.15, 0.2) is 18.2 Å². The topological polar surface area (TPSA) is 50.4 Å². The lowest BCUT2D eigenvalue weighted by Gasteiger charge is -2.33. The monoisotopic (exact) mass is 374 g/mol. The third-order valence-electron chi connectivity index (χ3n) is 5.00. The predicted molar refractivity (Wildman–Crippen MR) is 93.9 cm³/mol. The molecule has 3 unspecified atom stereocenters. The highest BCUT2D eigenvalue weighted by molar-refractivity contribution is 5.85. The van der Waals surface area contributed by atoms with Crippen molar-refractivity contribution < 1.29 is 18.3 Å². The van der Waals surface area contributed by atoms with E-state index in [4.69, 9.17) is 4.74 Å². The van der Waals surface area contributed by atoms with E-state index < -0.39 is 11.6 Å². The maximum Gasteiger partial charge on any atom is 0.220 e. The molecule has 1 aromatic rings. The fraction of sp³-hybridized carbons (Fsp3) is 0.611. The summed E-state index contributed by atoms with van der Waals surface area (Å²) in [5, 5.41) is 6.33. The fourth-order valence-corrected chi connectivity index (χ4v) is 3.58. The Kier molecular flexibility index (Phi) is 7.59. The number of amides is 1. The molecule has 0 aromatic heterocycles. The van der Waals surface area contributed by atoms with E-state index in [0.717, 1.165) is 50.7 Å². The number of carbonyl (C=O) groups excluding carboxylic acids is 1. The minimum Gasteiger partial charge on any atom is -0.381 e. The first kappa shape index (κ1) is 20.1. The molecule has 7 heteroatoms. The number of carbonyl (C=O) groups is 1. The second kappa shape index (κ2) is 9.46. The Morgan fingerprint density at radius 1 is 1.28 bits per heavy atom. The van der Waals surface area contributed by atoms with Crippen molar-refractivity contribution in [3.8, 4) is 0 Å². The lowest BCUT2D eigenvalue weighted by molar-refractivity contribution is -0.122. The number of halogens is 3. The summed E-state index contributed by atoms with van der Waals surface area (Å²) in [6.45, 7) is 2.98. The van der Waals surface area contributed by atoms with Crippen molar-refractivity contribution in [2.24, 2.45) is 5.92 Å². The number of nitrogens with one attached hydrogen (secondary N) is 2. The molecule has 2 fully saturated rings. The molecule has 140 valence electrons. The van der Waals surface area contributed by atoms with Crippen LogP contribution in [0.1, 0.15) is 37.2 Å². The van der Waals surface area contributed by atoms with Gasteiger partial charge in [0.15, 0.2) is 11.6 Å². The molecule has 1 aromatic carbocycles. The SMILES string of the molecule is Cl.O=C(CCC1CCOC1)NC1CNCCC1c1ccc(F)c(F)c1. The molecule has 0 spiro atoms.